The monoisotopic (exact) mass is 429 g/mol. The fourth-order valence-electron chi connectivity index (χ4n) is 7.53. The SMILES string of the molecule is CC#C[C@]1(O)CC[C@H]2[C@@H]3CCC4=CC(=N)CCC4=C3C(c3ccc4c(c3)OCO4)C[C@@]21C. The van der Waals surface area contributed by atoms with Crippen molar-refractivity contribution in [2.75, 3.05) is 6.79 Å². The van der Waals surface area contributed by atoms with E-state index in [-0.39, 0.29) is 18.1 Å². The maximum atomic E-state index is 11.7. The number of nitrogens with one attached hydrogen (secondary N) is 1. The molecular formula is C28H31NO3. The lowest BCUT2D eigenvalue weighted by molar-refractivity contribution is -0.0513. The van der Waals surface area contributed by atoms with Gasteiger partial charge in [-0.2, -0.15) is 0 Å². The molecule has 1 unspecified atom stereocenters. The summed E-state index contributed by atoms with van der Waals surface area (Å²) in [5.74, 6) is 9.05. The maximum Gasteiger partial charge on any atom is 0.231 e. The number of rotatable bonds is 1. The first-order chi connectivity index (χ1) is 15.4. The first kappa shape index (κ1) is 20.1. The molecule has 5 atom stereocenters. The Kier molecular flexibility index (Phi) is 4.40. The van der Waals surface area contributed by atoms with Crippen molar-refractivity contribution in [2.24, 2.45) is 17.3 Å². The van der Waals surface area contributed by atoms with E-state index in [0.717, 1.165) is 62.2 Å². The van der Waals surface area contributed by atoms with Gasteiger partial charge in [-0.15, -0.1) is 5.92 Å². The van der Waals surface area contributed by atoms with Crippen molar-refractivity contribution >= 4 is 5.71 Å². The van der Waals surface area contributed by atoms with Crippen molar-refractivity contribution in [1.82, 2.24) is 0 Å². The molecule has 6 rings (SSSR count). The maximum absolute atomic E-state index is 11.7. The molecule has 1 heterocycles. The van der Waals surface area contributed by atoms with Crippen LogP contribution >= 0.6 is 0 Å². The average Bonchev–Trinajstić information content (AvgIpc) is 3.35. The lowest BCUT2D eigenvalue weighted by atomic mass is 9.51. The number of ether oxygens (including phenoxy) is 2. The third-order valence-corrected chi connectivity index (χ3v) is 9.05. The highest BCUT2D eigenvalue weighted by Crippen LogP contribution is 2.66. The molecular weight excluding hydrogens is 398 g/mol. The molecule has 166 valence electrons. The van der Waals surface area contributed by atoms with Crippen molar-refractivity contribution in [1.29, 1.82) is 5.41 Å². The van der Waals surface area contributed by atoms with Gasteiger partial charge in [0.05, 0.1) is 0 Å². The highest BCUT2D eigenvalue weighted by Gasteiger charge is 2.62. The first-order valence-corrected chi connectivity index (χ1v) is 12.0. The molecule has 0 spiro atoms. The van der Waals surface area contributed by atoms with Gasteiger partial charge in [-0.1, -0.05) is 24.5 Å². The Hall–Kier alpha value is -2.51. The first-order valence-electron chi connectivity index (χ1n) is 12.0. The van der Waals surface area contributed by atoms with Crippen LogP contribution in [0.3, 0.4) is 0 Å². The summed E-state index contributed by atoms with van der Waals surface area (Å²) in [6, 6.07) is 6.38. The topological polar surface area (TPSA) is 62.5 Å². The predicted molar refractivity (Wildman–Crippen MR) is 124 cm³/mol. The number of hydrogen-bond donors (Lipinski definition) is 2. The molecule has 4 aliphatic carbocycles. The molecule has 32 heavy (non-hydrogen) atoms. The zero-order chi connectivity index (χ0) is 22.1. The molecule has 2 saturated carbocycles. The molecule has 4 nitrogen and oxygen atoms in total. The van der Waals surface area contributed by atoms with Crippen LogP contribution in [0.4, 0.5) is 0 Å². The van der Waals surface area contributed by atoms with Crippen LogP contribution in [0.25, 0.3) is 0 Å². The van der Waals surface area contributed by atoms with Crippen LogP contribution in [0.5, 0.6) is 11.5 Å². The number of hydrogen-bond acceptors (Lipinski definition) is 4. The van der Waals surface area contributed by atoms with E-state index in [1.165, 1.54) is 16.7 Å². The Bertz CT molecular complexity index is 1140. The molecule has 0 radical (unpaired) electrons. The fourth-order valence-corrected chi connectivity index (χ4v) is 7.53. The van der Waals surface area contributed by atoms with E-state index in [4.69, 9.17) is 14.9 Å². The number of benzene rings is 1. The summed E-state index contributed by atoms with van der Waals surface area (Å²) >= 11 is 0. The van der Waals surface area contributed by atoms with E-state index in [2.05, 4.69) is 37.0 Å². The highest BCUT2D eigenvalue weighted by molar-refractivity contribution is 5.95. The minimum Gasteiger partial charge on any atom is -0.454 e. The van der Waals surface area contributed by atoms with E-state index in [0.29, 0.717) is 11.8 Å². The Morgan fingerprint density at radius 1 is 1.12 bits per heavy atom. The van der Waals surface area contributed by atoms with Crippen LogP contribution in [-0.2, 0) is 0 Å². The van der Waals surface area contributed by atoms with Gasteiger partial charge >= 0.3 is 0 Å². The van der Waals surface area contributed by atoms with Gasteiger partial charge in [0.1, 0.15) is 5.60 Å². The van der Waals surface area contributed by atoms with Crippen molar-refractivity contribution in [3.8, 4) is 23.3 Å². The lowest BCUT2D eigenvalue weighted by Crippen LogP contribution is -2.51. The third kappa shape index (κ3) is 2.70. The number of allylic oxidation sites excluding steroid dienone is 4. The second kappa shape index (κ2) is 6.99. The predicted octanol–water partition coefficient (Wildman–Crippen LogP) is 5.52. The van der Waals surface area contributed by atoms with E-state index in [1.54, 1.807) is 5.57 Å². The van der Waals surface area contributed by atoms with E-state index in [1.807, 2.05) is 13.0 Å². The van der Waals surface area contributed by atoms with E-state index < -0.39 is 5.60 Å². The quantitative estimate of drug-likeness (QED) is 0.578. The van der Waals surface area contributed by atoms with Crippen molar-refractivity contribution in [3.05, 3.63) is 46.6 Å². The Labute approximate surface area is 190 Å². The molecule has 0 aromatic heterocycles. The van der Waals surface area contributed by atoms with Gasteiger partial charge in [0, 0.05) is 17.0 Å². The van der Waals surface area contributed by atoms with Crippen LogP contribution in [0.1, 0.15) is 70.3 Å². The minimum absolute atomic E-state index is 0.227. The second-order valence-electron chi connectivity index (χ2n) is 10.4. The molecule has 0 saturated heterocycles. The average molecular weight is 430 g/mol. The molecule has 0 amide bonds. The van der Waals surface area contributed by atoms with Crippen LogP contribution in [0, 0.1) is 34.5 Å². The zero-order valence-electron chi connectivity index (χ0n) is 19.0. The van der Waals surface area contributed by atoms with Crippen molar-refractivity contribution in [2.45, 2.75) is 70.3 Å². The molecule has 0 bridgehead atoms. The van der Waals surface area contributed by atoms with Gasteiger partial charge < -0.3 is 20.0 Å². The van der Waals surface area contributed by atoms with Crippen LogP contribution in [-0.4, -0.2) is 23.2 Å². The van der Waals surface area contributed by atoms with Gasteiger partial charge in [-0.05, 0) is 98.6 Å². The Morgan fingerprint density at radius 3 is 2.81 bits per heavy atom. The smallest absolute Gasteiger partial charge is 0.231 e. The summed E-state index contributed by atoms with van der Waals surface area (Å²) in [5, 5.41) is 20.0. The summed E-state index contributed by atoms with van der Waals surface area (Å²) < 4.78 is 11.3. The second-order valence-corrected chi connectivity index (χ2v) is 10.4. The van der Waals surface area contributed by atoms with Gasteiger partial charge in [-0.25, -0.2) is 0 Å². The summed E-state index contributed by atoms with van der Waals surface area (Å²) in [7, 11) is 0. The lowest BCUT2D eigenvalue weighted by Gasteiger charge is -2.53. The summed E-state index contributed by atoms with van der Waals surface area (Å²) in [4.78, 5) is 0. The van der Waals surface area contributed by atoms with Crippen molar-refractivity contribution < 1.29 is 14.6 Å². The van der Waals surface area contributed by atoms with Gasteiger partial charge in [0.15, 0.2) is 11.5 Å². The minimum atomic E-state index is -0.929. The molecule has 1 aromatic rings. The van der Waals surface area contributed by atoms with Crippen LogP contribution in [0.2, 0.25) is 0 Å². The van der Waals surface area contributed by atoms with Gasteiger partial charge in [-0.3, -0.25) is 0 Å². The Morgan fingerprint density at radius 2 is 1.97 bits per heavy atom. The molecule has 2 fully saturated rings. The van der Waals surface area contributed by atoms with E-state index >= 15 is 0 Å². The Balaban J connectivity index is 1.54. The largest absolute Gasteiger partial charge is 0.454 e. The molecule has 4 heteroatoms. The van der Waals surface area contributed by atoms with Crippen LogP contribution in [0.15, 0.2) is 41.0 Å². The standard InChI is InChI=1S/C28H31NO3/c1-3-11-28(30)12-10-23-21-7-4-17-13-19(29)6-8-20(17)26(21)22(15-27(23,28)2)18-5-9-24-25(14-18)32-16-31-24/h5,9,13-14,21-23,29-30H,4,6-8,10,12,15-16H2,1-2H3/t21-,22?,23-,27-,28-/m0/s1. The van der Waals surface area contributed by atoms with E-state index in [9.17, 15) is 5.11 Å². The zero-order valence-corrected chi connectivity index (χ0v) is 19.0. The molecule has 1 aliphatic heterocycles. The molecule has 5 aliphatic rings. The summed E-state index contributed by atoms with van der Waals surface area (Å²) in [6.07, 6.45) is 8.76. The summed E-state index contributed by atoms with van der Waals surface area (Å²) in [6.45, 7) is 4.41. The van der Waals surface area contributed by atoms with Gasteiger partial charge in [0.25, 0.3) is 0 Å². The number of fused-ring (bicyclic) bond motifs is 5. The fraction of sp³-hybridized carbons (Fsp3) is 0.536. The normalized spacial score (nSPS) is 37.2. The molecule has 1 aromatic carbocycles. The van der Waals surface area contributed by atoms with Crippen LogP contribution < -0.4 is 9.47 Å². The highest BCUT2D eigenvalue weighted by atomic mass is 16.7. The molecule has 2 N–H and O–H groups in total. The number of aliphatic hydroxyl groups is 1. The summed E-state index contributed by atoms with van der Waals surface area (Å²) in [5.41, 5.74) is 5.29. The van der Waals surface area contributed by atoms with Gasteiger partial charge in [0.2, 0.25) is 6.79 Å². The van der Waals surface area contributed by atoms with Crippen molar-refractivity contribution in [3.63, 3.8) is 0 Å². The third-order valence-electron chi connectivity index (χ3n) is 9.05.